The Balaban J connectivity index is 2.11. The van der Waals surface area contributed by atoms with Gasteiger partial charge in [-0.2, -0.15) is 0 Å². The minimum Gasteiger partial charge on any atom is -0.463 e. The molecule has 7 heteroatoms. The minimum absolute atomic E-state index is 0.0387. The van der Waals surface area contributed by atoms with E-state index in [1.165, 1.54) is 0 Å². The molecule has 0 aromatic heterocycles. The molecule has 140 valence electrons. The lowest BCUT2D eigenvalue weighted by Gasteiger charge is -2.04. The molecule has 0 unspecified atom stereocenters. The molecule has 0 aliphatic rings. The van der Waals surface area contributed by atoms with Gasteiger partial charge in [-0.15, -0.1) is 0 Å². The number of ether oxygens (including phenoxy) is 3. The average Bonchev–Trinajstić information content (AvgIpc) is 2.60. The van der Waals surface area contributed by atoms with Gasteiger partial charge in [-0.1, -0.05) is 30.3 Å². The Bertz CT molecular complexity index is 635. The highest BCUT2D eigenvalue weighted by molar-refractivity contribution is 5.91. The Hall–Kier alpha value is -2.96. The topological polar surface area (TPSA) is 96.0 Å². The molecule has 0 atom stereocenters. The van der Waals surface area contributed by atoms with Crippen molar-refractivity contribution in [1.82, 2.24) is 0 Å². The first kappa shape index (κ1) is 21.1. The first-order valence-corrected chi connectivity index (χ1v) is 8.30. The van der Waals surface area contributed by atoms with Crippen molar-refractivity contribution in [3.63, 3.8) is 0 Å². The standard InChI is InChI=1S/C19H22O7/c1-2-24-16(20)11-12-17(21)25-13-7-6-10-18(22)26-19(23)14-15-8-4-3-5-9-15/h3-5,8-9,11-12H,2,6-7,10,13-14H2,1H3/b12-11-. The van der Waals surface area contributed by atoms with Crippen LogP contribution in [0.15, 0.2) is 42.5 Å². The number of rotatable bonds is 10. The molecule has 0 bridgehead atoms. The zero-order chi connectivity index (χ0) is 19.2. The van der Waals surface area contributed by atoms with E-state index in [1.807, 2.05) is 6.07 Å². The van der Waals surface area contributed by atoms with Crippen LogP contribution in [-0.4, -0.2) is 37.1 Å². The number of unbranched alkanes of at least 4 members (excludes halogenated alkanes) is 1. The fourth-order valence-corrected chi connectivity index (χ4v) is 1.90. The highest BCUT2D eigenvalue weighted by Gasteiger charge is 2.11. The van der Waals surface area contributed by atoms with Gasteiger partial charge in [-0.05, 0) is 25.3 Å². The fraction of sp³-hybridized carbons (Fsp3) is 0.368. The summed E-state index contributed by atoms with van der Waals surface area (Å²) in [4.78, 5) is 45.5. The normalized spacial score (nSPS) is 10.3. The van der Waals surface area contributed by atoms with Gasteiger partial charge in [0, 0.05) is 18.6 Å². The molecule has 0 aliphatic heterocycles. The van der Waals surface area contributed by atoms with Gasteiger partial charge in [-0.3, -0.25) is 9.59 Å². The smallest absolute Gasteiger partial charge is 0.331 e. The Morgan fingerprint density at radius 1 is 0.885 bits per heavy atom. The molecule has 1 aromatic rings. The monoisotopic (exact) mass is 362 g/mol. The average molecular weight is 362 g/mol. The molecular weight excluding hydrogens is 340 g/mol. The predicted molar refractivity (Wildman–Crippen MR) is 91.8 cm³/mol. The van der Waals surface area contributed by atoms with Crippen molar-refractivity contribution in [2.75, 3.05) is 13.2 Å². The van der Waals surface area contributed by atoms with Crippen molar-refractivity contribution in [3.8, 4) is 0 Å². The van der Waals surface area contributed by atoms with Gasteiger partial charge >= 0.3 is 23.9 Å². The summed E-state index contributed by atoms with van der Waals surface area (Å²) >= 11 is 0. The van der Waals surface area contributed by atoms with Crippen LogP contribution in [-0.2, 0) is 39.8 Å². The Kier molecular flexibility index (Phi) is 10.1. The Morgan fingerprint density at radius 3 is 2.19 bits per heavy atom. The number of hydrogen-bond acceptors (Lipinski definition) is 7. The van der Waals surface area contributed by atoms with Gasteiger partial charge in [0.1, 0.15) is 0 Å². The van der Waals surface area contributed by atoms with E-state index in [4.69, 9.17) is 9.47 Å². The molecule has 0 saturated heterocycles. The second-order valence-electron chi connectivity index (χ2n) is 5.22. The van der Waals surface area contributed by atoms with Gasteiger partial charge in [-0.25, -0.2) is 9.59 Å². The van der Waals surface area contributed by atoms with E-state index in [1.54, 1.807) is 31.2 Å². The second-order valence-corrected chi connectivity index (χ2v) is 5.22. The lowest BCUT2D eigenvalue weighted by atomic mass is 10.1. The van der Waals surface area contributed by atoms with Crippen molar-refractivity contribution in [2.45, 2.75) is 32.6 Å². The molecular formula is C19H22O7. The third kappa shape index (κ3) is 10.0. The maximum Gasteiger partial charge on any atom is 0.331 e. The summed E-state index contributed by atoms with van der Waals surface area (Å²) in [5.74, 6) is -2.50. The molecule has 0 amide bonds. The third-order valence-corrected chi connectivity index (χ3v) is 3.08. The van der Waals surface area contributed by atoms with Crippen molar-refractivity contribution in [1.29, 1.82) is 0 Å². The zero-order valence-electron chi connectivity index (χ0n) is 14.6. The lowest BCUT2D eigenvalue weighted by molar-refractivity contribution is -0.159. The molecule has 0 N–H and O–H groups in total. The van der Waals surface area contributed by atoms with Gasteiger partial charge in [0.15, 0.2) is 0 Å². The van der Waals surface area contributed by atoms with Crippen LogP contribution in [0.1, 0.15) is 31.7 Å². The summed E-state index contributed by atoms with van der Waals surface area (Å²) in [7, 11) is 0. The van der Waals surface area contributed by atoms with Gasteiger partial charge in [0.2, 0.25) is 0 Å². The highest BCUT2D eigenvalue weighted by atomic mass is 16.6. The molecule has 0 fully saturated rings. The number of carbonyl (C=O) groups excluding carboxylic acids is 4. The SMILES string of the molecule is CCOC(=O)/C=C\C(=O)OCCCCC(=O)OC(=O)Cc1ccccc1. The van der Waals surface area contributed by atoms with Crippen LogP contribution in [0.2, 0.25) is 0 Å². The van der Waals surface area contributed by atoms with E-state index in [0.717, 1.165) is 17.7 Å². The molecule has 0 saturated carbocycles. The summed E-state index contributed by atoms with van der Waals surface area (Å²) in [5.41, 5.74) is 0.771. The molecule has 1 aromatic carbocycles. The van der Waals surface area contributed by atoms with Crippen molar-refractivity contribution >= 4 is 23.9 Å². The van der Waals surface area contributed by atoms with E-state index in [2.05, 4.69) is 4.74 Å². The number of hydrogen-bond donors (Lipinski definition) is 0. The number of benzene rings is 1. The molecule has 26 heavy (non-hydrogen) atoms. The van der Waals surface area contributed by atoms with Crippen LogP contribution >= 0.6 is 0 Å². The van der Waals surface area contributed by atoms with E-state index < -0.39 is 23.9 Å². The highest BCUT2D eigenvalue weighted by Crippen LogP contribution is 2.03. The quantitative estimate of drug-likeness (QED) is 0.207. The molecule has 1 rings (SSSR count). The first-order valence-electron chi connectivity index (χ1n) is 8.30. The lowest BCUT2D eigenvalue weighted by Crippen LogP contribution is -2.14. The van der Waals surface area contributed by atoms with Gasteiger partial charge < -0.3 is 14.2 Å². The first-order chi connectivity index (χ1) is 12.5. The van der Waals surface area contributed by atoms with Crippen LogP contribution in [0.3, 0.4) is 0 Å². The molecule has 0 radical (unpaired) electrons. The Labute approximate surface area is 151 Å². The predicted octanol–water partition coefficient (Wildman–Crippen LogP) is 2.13. The summed E-state index contributed by atoms with van der Waals surface area (Å²) in [6.45, 7) is 1.98. The van der Waals surface area contributed by atoms with Crippen molar-refractivity contribution in [2.24, 2.45) is 0 Å². The molecule has 0 heterocycles. The van der Waals surface area contributed by atoms with E-state index in [0.29, 0.717) is 12.8 Å². The summed E-state index contributed by atoms with van der Waals surface area (Å²) in [6, 6.07) is 8.98. The third-order valence-electron chi connectivity index (χ3n) is 3.08. The fourth-order valence-electron chi connectivity index (χ4n) is 1.90. The van der Waals surface area contributed by atoms with E-state index in [9.17, 15) is 19.2 Å². The molecule has 0 spiro atoms. The van der Waals surface area contributed by atoms with Crippen LogP contribution in [0.5, 0.6) is 0 Å². The zero-order valence-corrected chi connectivity index (χ0v) is 14.6. The van der Waals surface area contributed by atoms with Crippen LogP contribution in [0.25, 0.3) is 0 Å². The largest absolute Gasteiger partial charge is 0.463 e. The number of carbonyl (C=O) groups is 4. The van der Waals surface area contributed by atoms with Crippen LogP contribution < -0.4 is 0 Å². The van der Waals surface area contributed by atoms with Gasteiger partial charge in [0.25, 0.3) is 0 Å². The Morgan fingerprint density at radius 2 is 1.54 bits per heavy atom. The minimum atomic E-state index is -0.668. The van der Waals surface area contributed by atoms with Crippen LogP contribution in [0, 0.1) is 0 Å². The van der Waals surface area contributed by atoms with Crippen molar-refractivity contribution in [3.05, 3.63) is 48.0 Å². The summed E-state index contributed by atoms with van der Waals surface area (Å²) in [5, 5.41) is 0. The summed E-state index contributed by atoms with van der Waals surface area (Å²) in [6.07, 6.45) is 2.90. The van der Waals surface area contributed by atoms with Gasteiger partial charge in [0.05, 0.1) is 19.6 Å². The second kappa shape index (κ2) is 12.4. The number of esters is 4. The van der Waals surface area contributed by atoms with Crippen molar-refractivity contribution < 1.29 is 33.4 Å². The molecule has 7 nitrogen and oxygen atoms in total. The van der Waals surface area contributed by atoms with Crippen LogP contribution in [0.4, 0.5) is 0 Å². The summed E-state index contributed by atoms with van der Waals surface area (Å²) < 4.78 is 14.2. The van der Waals surface area contributed by atoms with E-state index >= 15 is 0 Å². The van der Waals surface area contributed by atoms with E-state index in [-0.39, 0.29) is 26.1 Å². The maximum atomic E-state index is 11.6. The molecule has 0 aliphatic carbocycles. The maximum absolute atomic E-state index is 11.6.